The summed E-state index contributed by atoms with van der Waals surface area (Å²) >= 11 is 0. The van der Waals surface area contributed by atoms with E-state index in [1.54, 1.807) is 0 Å². The maximum absolute atomic E-state index is 10.7. The minimum absolute atomic E-state index is 0.0955. The van der Waals surface area contributed by atoms with Gasteiger partial charge in [0.2, 0.25) is 0 Å². The second-order valence-electron chi connectivity index (χ2n) is 6.03. The van der Waals surface area contributed by atoms with E-state index in [1.165, 1.54) is 18.0 Å². The molecule has 1 N–H and O–H groups in total. The van der Waals surface area contributed by atoms with Crippen molar-refractivity contribution in [2.45, 2.75) is 27.2 Å². The Morgan fingerprint density at radius 2 is 1.65 bits per heavy atom. The second kappa shape index (κ2) is 5.41. The van der Waals surface area contributed by atoms with Crippen LogP contribution in [-0.4, -0.2) is 21.0 Å². The minimum atomic E-state index is -1.02. The molecule has 1 heterocycles. The zero-order valence-corrected chi connectivity index (χ0v) is 11.9. The Kier molecular flexibility index (Phi) is 3.84. The first kappa shape index (κ1) is 14.2. The highest BCUT2D eigenvalue weighted by molar-refractivity contribution is 5.86. The molecule has 4 heteroatoms. The lowest BCUT2D eigenvalue weighted by atomic mass is 9.88. The van der Waals surface area contributed by atoms with Crippen molar-refractivity contribution in [2.24, 2.45) is 5.41 Å². The maximum Gasteiger partial charge on any atom is 0.338 e. The number of aromatic carboxylic acids is 1. The summed E-state index contributed by atoms with van der Waals surface area (Å²) in [5.41, 5.74) is 2.50. The maximum atomic E-state index is 10.7. The Morgan fingerprint density at radius 3 is 2.10 bits per heavy atom. The van der Waals surface area contributed by atoms with Gasteiger partial charge in [-0.25, -0.2) is 14.8 Å². The number of carbonyl (C=O) groups is 1. The third-order valence-electron chi connectivity index (χ3n) is 2.85. The van der Waals surface area contributed by atoms with E-state index in [9.17, 15) is 4.79 Å². The van der Waals surface area contributed by atoms with Crippen LogP contribution in [0.5, 0.6) is 0 Å². The molecule has 0 bridgehead atoms. The summed E-state index contributed by atoms with van der Waals surface area (Å²) in [4.78, 5) is 18.9. The fourth-order valence-electron chi connectivity index (χ4n) is 1.97. The molecule has 0 aliphatic carbocycles. The summed E-state index contributed by atoms with van der Waals surface area (Å²) in [5.74, 6) is -0.477. The van der Waals surface area contributed by atoms with E-state index in [2.05, 4.69) is 42.9 Å². The molecule has 0 saturated carbocycles. The van der Waals surface area contributed by atoms with Crippen molar-refractivity contribution in [3.8, 4) is 11.4 Å². The molecule has 0 aliphatic heterocycles. The molecule has 0 saturated heterocycles. The molecule has 20 heavy (non-hydrogen) atoms. The van der Waals surface area contributed by atoms with E-state index < -0.39 is 5.97 Å². The SMILES string of the molecule is CC(C)(C)Cc1ccc(-c2ncc(C(=O)O)cn2)cc1. The summed E-state index contributed by atoms with van der Waals surface area (Å²) in [6.07, 6.45) is 3.66. The number of nitrogens with zero attached hydrogens (tertiary/aromatic N) is 2. The van der Waals surface area contributed by atoms with Gasteiger partial charge in [0, 0.05) is 18.0 Å². The molecule has 0 radical (unpaired) electrons. The molecule has 0 unspecified atom stereocenters. The predicted octanol–water partition coefficient (Wildman–Crippen LogP) is 3.43. The number of aromatic nitrogens is 2. The van der Waals surface area contributed by atoms with Crippen molar-refractivity contribution in [3.63, 3.8) is 0 Å². The van der Waals surface area contributed by atoms with Gasteiger partial charge in [-0.15, -0.1) is 0 Å². The molecule has 1 aromatic carbocycles. The van der Waals surface area contributed by atoms with E-state index in [4.69, 9.17) is 5.11 Å². The summed E-state index contributed by atoms with van der Waals surface area (Å²) in [7, 11) is 0. The van der Waals surface area contributed by atoms with E-state index in [0.717, 1.165) is 12.0 Å². The number of hydrogen-bond donors (Lipinski definition) is 1. The van der Waals surface area contributed by atoms with Crippen molar-refractivity contribution in [2.75, 3.05) is 0 Å². The van der Waals surface area contributed by atoms with Crippen LogP contribution in [0.3, 0.4) is 0 Å². The van der Waals surface area contributed by atoms with E-state index in [1.807, 2.05) is 12.1 Å². The highest BCUT2D eigenvalue weighted by atomic mass is 16.4. The van der Waals surface area contributed by atoms with Crippen LogP contribution in [0, 0.1) is 5.41 Å². The molecule has 2 aromatic rings. The van der Waals surface area contributed by atoms with Gasteiger partial charge in [-0.3, -0.25) is 0 Å². The van der Waals surface area contributed by atoms with Crippen molar-refractivity contribution in [1.29, 1.82) is 0 Å². The van der Waals surface area contributed by atoms with Gasteiger partial charge in [-0.05, 0) is 17.4 Å². The first-order chi connectivity index (χ1) is 9.35. The van der Waals surface area contributed by atoms with Crippen molar-refractivity contribution < 1.29 is 9.90 Å². The average molecular weight is 270 g/mol. The molecule has 0 aliphatic rings. The van der Waals surface area contributed by atoms with Gasteiger partial charge >= 0.3 is 5.97 Å². The second-order valence-corrected chi connectivity index (χ2v) is 6.03. The van der Waals surface area contributed by atoms with Crippen LogP contribution in [0.2, 0.25) is 0 Å². The van der Waals surface area contributed by atoms with Gasteiger partial charge in [0.25, 0.3) is 0 Å². The molecule has 1 aromatic heterocycles. The van der Waals surface area contributed by atoms with Crippen LogP contribution in [0.1, 0.15) is 36.7 Å². The number of carboxylic acids is 1. The normalized spacial score (nSPS) is 11.3. The fraction of sp³-hybridized carbons (Fsp3) is 0.312. The molecule has 0 atom stereocenters. The first-order valence-corrected chi connectivity index (χ1v) is 6.50. The van der Waals surface area contributed by atoms with Crippen LogP contribution < -0.4 is 0 Å². The molecule has 104 valence electrons. The van der Waals surface area contributed by atoms with Gasteiger partial charge in [-0.1, -0.05) is 45.0 Å². The van der Waals surface area contributed by atoms with Crippen LogP contribution in [-0.2, 0) is 6.42 Å². The number of rotatable bonds is 3. The van der Waals surface area contributed by atoms with Gasteiger partial charge in [-0.2, -0.15) is 0 Å². The zero-order valence-electron chi connectivity index (χ0n) is 11.9. The lowest BCUT2D eigenvalue weighted by Gasteiger charge is -2.18. The van der Waals surface area contributed by atoms with E-state index >= 15 is 0 Å². The summed E-state index contributed by atoms with van der Waals surface area (Å²) < 4.78 is 0. The van der Waals surface area contributed by atoms with Crippen LogP contribution in [0.4, 0.5) is 0 Å². The third kappa shape index (κ3) is 3.63. The summed E-state index contributed by atoms with van der Waals surface area (Å²) in [5, 5.41) is 8.81. The number of carboxylic acid groups (broad SMARTS) is 1. The number of benzene rings is 1. The van der Waals surface area contributed by atoms with Gasteiger partial charge < -0.3 is 5.11 Å². The topological polar surface area (TPSA) is 63.1 Å². The van der Waals surface area contributed by atoms with Crippen molar-refractivity contribution in [1.82, 2.24) is 9.97 Å². The smallest absolute Gasteiger partial charge is 0.338 e. The van der Waals surface area contributed by atoms with Gasteiger partial charge in [0.1, 0.15) is 0 Å². The van der Waals surface area contributed by atoms with E-state index in [-0.39, 0.29) is 11.0 Å². The van der Waals surface area contributed by atoms with Crippen molar-refractivity contribution >= 4 is 5.97 Å². The van der Waals surface area contributed by atoms with Crippen LogP contribution >= 0.6 is 0 Å². The standard InChI is InChI=1S/C16H18N2O2/c1-16(2,3)8-11-4-6-12(7-5-11)14-17-9-13(10-18-14)15(19)20/h4-7,9-10H,8H2,1-3H3,(H,19,20). The molecule has 0 amide bonds. The Balaban J connectivity index is 2.19. The Hall–Kier alpha value is -2.23. The monoisotopic (exact) mass is 270 g/mol. The molecule has 0 spiro atoms. The Bertz CT molecular complexity index is 596. The Labute approximate surface area is 118 Å². The molecular formula is C16H18N2O2. The highest BCUT2D eigenvalue weighted by Gasteiger charge is 2.11. The Morgan fingerprint density at radius 1 is 1.10 bits per heavy atom. The summed E-state index contributed by atoms with van der Waals surface area (Å²) in [6.45, 7) is 6.61. The largest absolute Gasteiger partial charge is 0.478 e. The predicted molar refractivity (Wildman–Crippen MR) is 77.6 cm³/mol. The lowest BCUT2D eigenvalue weighted by molar-refractivity contribution is 0.0696. The molecule has 2 rings (SSSR count). The first-order valence-electron chi connectivity index (χ1n) is 6.50. The molecule has 4 nitrogen and oxygen atoms in total. The molecule has 0 fully saturated rings. The lowest BCUT2D eigenvalue weighted by Crippen LogP contribution is -2.08. The number of hydrogen-bond acceptors (Lipinski definition) is 3. The van der Waals surface area contributed by atoms with Crippen molar-refractivity contribution in [3.05, 3.63) is 47.8 Å². The quantitative estimate of drug-likeness (QED) is 0.928. The van der Waals surface area contributed by atoms with Gasteiger partial charge in [0.05, 0.1) is 5.56 Å². The van der Waals surface area contributed by atoms with Gasteiger partial charge in [0.15, 0.2) is 5.82 Å². The zero-order chi connectivity index (χ0) is 14.8. The summed E-state index contributed by atoms with van der Waals surface area (Å²) in [6, 6.07) is 8.07. The molecular weight excluding hydrogens is 252 g/mol. The van der Waals surface area contributed by atoms with Crippen LogP contribution in [0.25, 0.3) is 11.4 Å². The fourth-order valence-corrected chi connectivity index (χ4v) is 1.97. The average Bonchev–Trinajstić information content (AvgIpc) is 2.38. The van der Waals surface area contributed by atoms with E-state index in [0.29, 0.717) is 5.82 Å². The van der Waals surface area contributed by atoms with Crippen LogP contribution in [0.15, 0.2) is 36.7 Å². The third-order valence-corrected chi connectivity index (χ3v) is 2.85. The minimum Gasteiger partial charge on any atom is -0.478 e. The highest BCUT2D eigenvalue weighted by Crippen LogP contribution is 2.22.